The Balaban J connectivity index is 3.21. The summed E-state index contributed by atoms with van der Waals surface area (Å²) in [6.45, 7) is 1.36. The molecule has 0 saturated carbocycles. The van der Waals surface area contributed by atoms with Gasteiger partial charge in [0, 0.05) is 12.1 Å². The standard InChI is InChI=1S/C10H12F3NO/c1-10(15,5-14-2)6-3-4-7(11)9(13)8(6)12/h3-4,14-15H,5H2,1-2H3. The molecule has 1 unspecified atom stereocenters. The fourth-order valence-electron chi connectivity index (χ4n) is 1.38. The van der Waals surface area contributed by atoms with E-state index in [9.17, 15) is 18.3 Å². The van der Waals surface area contributed by atoms with Gasteiger partial charge in [0.2, 0.25) is 0 Å². The van der Waals surface area contributed by atoms with Gasteiger partial charge in [0.25, 0.3) is 0 Å². The summed E-state index contributed by atoms with van der Waals surface area (Å²) in [7, 11) is 1.56. The number of aliphatic hydroxyl groups is 1. The molecule has 0 spiro atoms. The van der Waals surface area contributed by atoms with E-state index in [-0.39, 0.29) is 12.1 Å². The summed E-state index contributed by atoms with van der Waals surface area (Å²) in [5.41, 5.74) is -1.84. The van der Waals surface area contributed by atoms with Crippen LogP contribution in [0.15, 0.2) is 12.1 Å². The van der Waals surface area contributed by atoms with Crippen LogP contribution in [0, 0.1) is 17.5 Å². The van der Waals surface area contributed by atoms with Crippen molar-refractivity contribution in [3.8, 4) is 0 Å². The molecule has 0 saturated heterocycles. The highest BCUT2D eigenvalue weighted by Crippen LogP contribution is 2.25. The second-order valence-electron chi connectivity index (χ2n) is 3.53. The van der Waals surface area contributed by atoms with Crippen molar-refractivity contribution in [2.75, 3.05) is 13.6 Å². The van der Waals surface area contributed by atoms with E-state index in [4.69, 9.17) is 0 Å². The van der Waals surface area contributed by atoms with Crippen molar-refractivity contribution in [1.29, 1.82) is 0 Å². The van der Waals surface area contributed by atoms with Crippen LogP contribution >= 0.6 is 0 Å². The van der Waals surface area contributed by atoms with Gasteiger partial charge < -0.3 is 10.4 Å². The molecular weight excluding hydrogens is 207 g/mol. The van der Waals surface area contributed by atoms with Gasteiger partial charge in [0.1, 0.15) is 5.60 Å². The number of nitrogens with one attached hydrogen (secondary N) is 1. The summed E-state index contributed by atoms with van der Waals surface area (Å²) in [6, 6.07) is 1.82. The van der Waals surface area contributed by atoms with E-state index in [1.165, 1.54) is 6.92 Å². The highest BCUT2D eigenvalue weighted by atomic mass is 19.2. The van der Waals surface area contributed by atoms with Crippen molar-refractivity contribution >= 4 is 0 Å². The zero-order valence-electron chi connectivity index (χ0n) is 8.44. The molecule has 0 aliphatic carbocycles. The minimum absolute atomic E-state index is 0.0367. The van der Waals surface area contributed by atoms with E-state index < -0.39 is 23.1 Å². The van der Waals surface area contributed by atoms with Crippen LogP contribution < -0.4 is 5.32 Å². The molecule has 2 N–H and O–H groups in total. The van der Waals surface area contributed by atoms with Gasteiger partial charge >= 0.3 is 0 Å². The number of rotatable bonds is 3. The third kappa shape index (κ3) is 2.30. The summed E-state index contributed by atoms with van der Waals surface area (Å²) >= 11 is 0. The predicted molar refractivity (Wildman–Crippen MR) is 49.8 cm³/mol. The van der Waals surface area contributed by atoms with Crippen LogP contribution in [0.25, 0.3) is 0 Å². The van der Waals surface area contributed by atoms with Crippen LogP contribution in [0.1, 0.15) is 12.5 Å². The molecule has 0 heterocycles. The SMILES string of the molecule is CNCC(C)(O)c1ccc(F)c(F)c1F. The highest BCUT2D eigenvalue weighted by molar-refractivity contribution is 5.26. The van der Waals surface area contributed by atoms with Gasteiger partial charge in [-0.05, 0) is 20.0 Å². The van der Waals surface area contributed by atoms with Gasteiger partial charge in [-0.3, -0.25) is 0 Å². The molecule has 0 amide bonds. The van der Waals surface area contributed by atoms with Crippen molar-refractivity contribution < 1.29 is 18.3 Å². The summed E-state index contributed by atoms with van der Waals surface area (Å²) in [6.07, 6.45) is 0. The summed E-state index contributed by atoms with van der Waals surface area (Å²) in [5, 5.41) is 12.4. The Morgan fingerprint density at radius 1 is 1.27 bits per heavy atom. The van der Waals surface area contributed by atoms with E-state index in [0.29, 0.717) is 0 Å². The first kappa shape index (κ1) is 12.0. The largest absolute Gasteiger partial charge is 0.384 e. The maximum absolute atomic E-state index is 13.3. The first-order valence-electron chi connectivity index (χ1n) is 4.41. The normalized spacial score (nSPS) is 15.1. The first-order valence-corrected chi connectivity index (χ1v) is 4.41. The maximum atomic E-state index is 13.3. The second-order valence-corrected chi connectivity index (χ2v) is 3.53. The lowest BCUT2D eigenvalue weighted by Gasteiger charge is -2.24. The Hall–Kier alpha value is -1.07. The van der Waals surface area contributed by atoms with Crippen LogP contribution in [-0.4, -0.2) is 18.7 Å². The predicted octanol–water partition coefficient (Wildman–Crippen LogP) is 1.53. The smallest absolute Gasteiger partial charge is 0.194 e. The third-order valence-electron chi connectivity index (χ3n) is 2.14. The average Bonchev–Trinajstić information content (AvgIpc) is 2.13. The quantitative estimate of drug-likeness (QED) is 0.756. The van der Waals surface area contributed by atoms with E-state index in [1.807, 2.05) is 0 Å². The van der Waals surface area contributed by atoms with Crippen LogP contribution in [-0.2, 0) is 5.60 Å². The van der Waals surface area contributed by atoms with Crippen molar-refractivity contribution in [3.63, 3.8) is 0 Å². The molecule has 0 aliphatic heterocycles. The molecule has 0 aromatic heterocycles. The average molecular weight is 219 g/mol. The molecule has 0 bridgehead atoms. The van der Waals surface area contributed by atoms with Crippen LogP contribution in [0.4, 0.5) is 13.2 Å². The fourth-order valence-corrected chi connectivity index (χ4v) is 1.38. The minimum atomic E-state index is -1.58. The molecule has 15 heavy (non-hydrogen) atoms. The molecule has 1 aromatic carbocycles. The molecule has 1 rings (SSSR count). The lowest BCUT2D eigenvalue weighted by atomic mass is 9.95. The van der Waals surface area contributed by atoms with Gasteiger partial charge in [0.05, 0.1) is 0 Å². The Kier molecular flexibility index (Phi) is 3.36. The Morgan fingerprint density at radius 2 is 1.87 bits per heavy atom. The molecule has 0 radical (unpaired) electrons. The Labute approximate surface area is 85.7 Å². The van der Waals surface area contributed by atoms with Crippen LogP contribution in [0.3, 0.4) is 0 Å². The number of halogens is 3. The number of benzene rings is 1. The Bertz CT molecular complexity index is 366. The summed E-state index contributed by atoms with van der Waals surface area (Å²) < 4.78 is 38.8. The molecule has 0 fully saturated rings. The molecule has 2 nitrogen and oxygen atoms in total. The van der Waals surface area contributed by atoms with Gasteiger partial charge in [-0.25, -0.2) is 13.2 Å². The Morgan fingerprint density at radius 3 is 2.40 bits per heavy atom. The molecule has 1 aromatic rings. The topological polar surface area (TPSA) is 32.3 Å². The van der Waals surface area contributed by atoms with E-state index in [1.54, 1.807) is 7.05 Å². The van der Waals surface area contributed by atoms with Gasteiger partial charge in [-0.2, -0.15) is 0 Å². The van der Waals surface area contributed by atoms with E-state index in [2.05, 4.69) is 5.32 Å². The van der Waals surface area contributed by atoms with Crippen molar-refractivity contribution in [2.45, 2.75) is 12.5 Å². The molecule has 1 atom stereocenters. The lowest BCUT2D eigenvalue weighted by Crippen LogP contribution is -2.34. The number of hydrogen-bond acceptors (Lipinski definition) is 2. The monoisotopic (exact) mass is 219 g/mol. The third-order valence-corrected chi connectivity index (χ3v) is 2.14. The maximum Gasteiger partial charge on any atom is 0.194 e. The lowest BCUT2D eigenvalue weighted by molar-refractivity contribution is 0.0544. The second kappa shape index (κ2) is 4.20. The molecule has 5 heteroatoms. The first-order chi connectivity index (χ1) is 6.90. The van der Waals surface area contributed by atoms with E-state index >= 15 is 0 Å². The molecule has 0 aliphatic rings. The number of likely N-dealkylation sites (N-methyl/N-ethyl adjacent to an activating group) is 1. The summed E-state index contributed by atoms with van der Waals surface area (Å²) in [4.78, 5) is 0. The molecule has 84 valence electrons. The molecular formula is C10H12F3NO. The van der Waals surface area contributed by atoms with Gasteiger partial charge in [-0.15, -0.1) is 0 Å². The van der Waals surface area contributed by atoms with Crippen molar-refractivity contribution in [1.82, 2.24) is 5.32 Å². The van der Waals surface area contributed by atoms with E-state index in [0.717, 1.165) is 12.1 Å². The number of hydrogen-bond donors (Lipinski definition) is 2. The highest BCUT2D eigenvalue weighted by Gasteiger charge is 2.28. The zero-order chi connectivity index (χ0) is 11.6. The van der Waals surface area contributed by atoms with Crippen LogP contribution in [0.2, 0.25) is 0 Å². The minimum Gasteiger partial charge on any atom is -0.384 e. The van der Waals surface area contributed by atoms with Gasteiger partial charge in [-0.1, -0.05) is 6.07 Å². The fraction of sp³-hybridized carbons (Fsp3) is 0.400. The van der Waals surface area contributed by atoms with Gasteiger partial charge in [0.15, 0.2) is 17.5 Å². The van der Waals surface area contributed by atoms with Crippen molar-refractivity contribution in [3.05, 3.63) is 35.1 Å². The van der Waals surface area contributed by atoms with Crippen LogP contribution in [0.5, 0.6) is 0 Å². The van der Waals surface area contributed by atoms with Crippen molar-refractivity contribution in [2.24, 2.45) is 0 Å². The summed E-state index contributed by atoms with van der Waals surface area (Å²) in [5.74, 6) is -4.18. The zero-order valence-corrected chi connectivity index (χ0v) is 8.44.